The Hall–Kier alpha value is -1.96. The van der Waals surface area contributed by atoms with Crippen molar-refractivity contribution in [2.75, 3.05) is 14.1 Å². The normalized spacial score (nSPS) is 11.4. The number of halogens is 2. The summed E-state index contributed by atoms with van der Waals surface area (Å²) in [5.74, 6) is -0.808. The molecule has 0 bridgehead atoms. The summed E-state index contributed by atoms with van der Waals surface area (Å²) in [6, 6.07) is 8.63. The molecular weight excluding hydrogens is 367 g/mol. The first-order chi connectivity index (χ1) is 11.7. The van der Waals surface area contributed by atoms with Crippen LogP contribution >= 0.6 is 11.6 Å². The number of nitrogens with zero attached hydrogens (tertiary/aromatic N) is 1. The molecule has 0 radical (unpaired) electrons. The quantitative estimate of drug-likeness (QED) is 0.861. The van der Waals surface area contributed by atoms with Gasteiger partial charge in [-0.15, -0.1) is 0 Å². The fourth-order valence-corrected chi connectivity index (χ4v) is 3.19. The van der Waals surface area contributed by atoms with Crippen molar-refractivity contribution in [1.82, 2.24) is 9.62 Å². The number of rotatable bonds is 5. The zero-order valence-electron chi connectivity index (χ0n) is 14.0. The van der Waals surface area contributed by atoms with Gasteiger partial charge in [-0.25, -0.2) is 17.5 Å². The lowest BCUT2D eigenvalue weighted by Crippen LogP contribution is -2.27. The molecule has 25 heavy (non-hydrogen) atoms. The molecule has 5 nitrogen and oxygen atoms in total. The van der Waals surface area contributed by atoms with Crippen LogP contribution < -0.4 is 4.72 Å². The lowest BCUT2D eigenvalue weighted by Gasteiger charge is -2.19. The third kappa shape index (κ3) is 4.36. The van der Waals surface area contributed by atoms with Gasteiger partial charge in [0.15, 0.2) is 0 Å². The Labute approximate surface area is 151 Å². The van der Waals surface area contributed by atoms with Crippen LogP contribution in [0.15, 0.2) is 41.3 Å². The van der Waals surface area contributed by atoms with Crippen LogP contribution in [0.3, 0.4) is 0 Å². The number of nitrogens with one attached hydrogen (secondary N) is 1. The summed E-state index contributed by atoms with van der Waals surface area (Å²) in [6.45, 7) is 1.82. The van der Waals surface area contributed by atoms with Crippen molar-refractivity contribution in [3.05, 3.63) is 63.9 Å². The van der Waals surface area contributed by atoms with E-state index in [9.17, 15) is 17.6 Å². The Kier molecular flexibility index (Phi) is 5.82. The molecule has 0 saturated carbocycles. The molecule has 0 saturated heterocycles. The highest BCUT2D eigenvalue weighted by Crippen LogP contribution is 2.22. The van der Waals surface area contributed by atoms with E-state index in [1.165, 1.54) is 43.3 Å². The summed E-state index contributed by atoms with van der Waals surface area (Å²) in [6.07, 6.45) is 0. The molecule has 0 unspecified atom stereocenters. The van der Waals surface area contributed by atoms with E-state index in [4.69, 9.17) is 11.6 Å². The Bertz CT molecular complexity index is 916. The molecule has 0 spiro atoms. The Morgan fingerprint density at radius 2 is 1.92 bits per heavy atom. The van der Waals surface area contributed by atoms with E-state index in [1.54, 1.807) is 19.1 Å². The van der Waals surface area contributed by atoms with E-state index in [0.29, 0.717) is 11.1 Å². The molecule has 2 aromatic rings. The number of carbonyl (C=O) groups is 1. The molecule has 134 valence electrons. The molecule has 8 heteroatoms. The van der Waals surface area contributed by atoms with Crippen LogP contribution in [0.1, 0.15) is 21.5 Å². The molecule has 1 N–H and O–H groups in total. The molecule has 0 heterocycles. The predicted octanol–water partition coefficient (Wildman–Crippen LogP) is 2.97. The largest absolute Gasteiger partial charge is 0.337 e. The maximum absolute atomic E-state index is 13.6. The van der Waals surface area contributed by atoms with Crippen LogP contribution in [0.2, 0.25) is 5.02 Å². The molecule has 2 aromatic carbocycles. The number of carbonyl (C=O) groups excluding carboxylic acids is 1. The summed E-state index contributed by atoms with van der Waals surface area (Å²) in [5, 5.41) is 0.141. The minimum Gasteiger partial charge on any atom is -0.337 e. The Morgan fingerprint density at radius 3 is 2.52 bits per heavy atom. The van der Waals surface area contributed by atoms with Gasteiger partial charge < -0.3 is 4.90 Å². The van der Waals surface area contributed by atoms with Gasteiger partial charge >= 0.3 is 0 Å². The van der Waals surface area contributed by atoms with Crippen molar-refractivity contribution in [2.24, 2.45) is 0 Å². The summed E-state index contributed by atoms with van der Waals surface area (Å²) in [7, 11) is -0.876. The SMILES string of the molecule is CNS(=O)(=O)c1ccc(Cl)c(C(=O)N(C)Cc2ccc(C)c(F)c2)c1. The smallest absolute Gasteiger partial charge is 0.255 e. The molecule has 0 fully saturated rings. The minimum atomic E-state index is -3.69. The third-order valence-corrected chi connectivity index (χ3v) is 5.49. The third-order valence-electron chi connectivity index (χ3n) is 3.75. The average molecular weight is 385 g/mol. The van der Waals surface area contributed by atoms with Gasteiger partial charge in [0.25, 0.3) is 5.91 Å². The van der Waals surface area contributed by atoms with Gasteiger partial charge in [-0.05, 0) is 49.4 Å². The number of hydrogen-bond acceptors (Lipinski definition) is 3. The molecule has 0 aliphatic carbocycles. The van der Waals surface area contributed by atoms with E-state index in [2.05, 4.69) is 4.72 Å². The summed E-state index contributed by atoms with van der Waals surface area (Å²) >= 11 is 6.05. The number of hydrogen-bond donors (Lipinski definition) is 1. The average Bonchev–Trinajstić information content (AvgIpc) is 2.57. The van der Waals surface area contributed by atoms with Crippen LogP contribution in [0.5, 0.6) is 0 Å². The van der Waals surface area contributed by atoms with Crippen molar-refractivity contribution in [2.45, 2.75) is 18.4 Å². The summed E-state index contributed by atoms with van der Waals surface area (Å²) < 4.78 is 39.6. The van der Waals surface area contributed by atoms with E-state index in [0.717, 1.165) is 0 Å². The Balaban J connectivity index is 2.30. The van der Waals surface area contributed by atoms with Gasteiger partial charge in [0.2, 0.25) is 10.0 Å². The first-order valence-corrected chi connectivity index (χ1v) is 9.25. The van der Waals surface area contributed by atoms with Crippen molar-refractivity contribution in [3.8, 4) is 0 Å². The minimum absolute atomic E-state index is 0.0578. The zero-order chi connectivity index (χ0) is 18.8. The monoisotopic (exact) mass is 384 g/mol. The molecule has 0 aliphatic heterocycles. The fraction of sp³-hybridized carbons (Fsp3) is 0.235. The zero-order valence-corrected chi connectivity index (χ0v) is 15.6. The van der Waals surface area contributed by atoms with Crippen molar-refractivity contribution < 1.29 is 17.6 Å². The van der Waals surface area contributed by atoms with Gasteiger partial charge in [0.05, 0.1) is 15.5 Å². The predicted molar refractivity (Wildman–Crippen MR) is 94.6 cm³/mol. The fourth-order valence-electron chi connectivity index (χ4n) is 2.24. The van der Waals surface area contributed by atoms with Gasteiger partial charge in [-0.1, -0.05) is 23.7 Å². The van der Waals surface area contributed by atoms with Crippen molar-refractivity contribution in [3.63, 3.8) is 0 Å². The van der Waals surface area contributed by atoms with E-state index < -0.39 is 15.9 Å². The van der Waals surface area contributed by atoms with E-state index in [1.807, 2.05) is 0 Å². The topological polar surface area (TPSA) is 66.5 Å². The van der Waals surface area contributed by atoms with Gasteiger partial charge in [-0.2, -0.15) is 0 Å². The summed E-state index contributed by atoms with van der Waals surface area (Å²) in [4.78, 5) is 13.9. The molecular formula is C17H18ClFN2O3S. The van der Waals surface area contributed by atoms with Crippen molar-refractivity contribution >= 4 is 27.5 Å². The lowest BCUT2D eigenvalue weighted by molar-refractivity contribution is 0.0785. The molecule has 1 amide bonds. The van der Waals surface area contributed by atoms with E-state index in [-0.39, 0.29) is 27.8 Å². The summed E-state index contributed by atoms with van der Waals surface area (Å²) in [5.41, 5.74) is 1.20. The van der Waals surface area contributed by atoms with Crippen LogP contribution in [-0.4, -0.2) is 33.3 Å². The van der Waals surface area contributed by atoms with Gasteiger partial charge in [0.1, 0.15) is 5.82 Å². The number of amides is 1. The molecule has 0 aliphatic rings. The lowest BCUT2D eigenvalue weighted by atomic mass is 10.1. The van der Waals surface area contributed by atoms with E-state index >= 15 is 0 Å². The standard InChI is InChI=1S/C17H18ClFN2O3S/c1-11-4-5-12(8-16(11)19)10-21(3)17(22)14-9-13(6-7-15(14)18)25(23,24)20-2/h4-9,20H,10H2,1-3H3. The van der Waals surface area contributed by atoms with Gasteiger partial charge in [-0.3, -0.25) is 4.79 Å². The second-order valence-electron chi connectivity index (χ2n) is 5.59. The second kappa shape index (κ2) is 7.51. The number of sulfonamides is 1. The highest BCUT2D eigenvalue weighted by molar-refractivity contribution is 7.89. The first kappa shape index (κ1) is 19.4. The number of aryl methyl sites for hydroxylation is 1. The Morgan fingerprint density at radius 1 is 1.24 bits per heavy atom. The second-order valence-corrected chi connectivity index (χ2v) is 7.89. The first-order valence-electron chi connectivity index (χ1n) is 7.39. The molecule has 0 aromatic heterocycles. The van der Waals surface area contributed by atoms with Crippen LogP contribution in [0, 0.1) is 12.7 Å². The van der Waals surface area contributed by atoms with Crippen LogP contribution in [0.25, 0.3) is 0 Å². The highest BCUT2D eigenvalue weighted by atomic mass is 35.5. The van der Waals surface area contributed by atoms with Gasteiger partial charge in [0, 0.05) is 13.6 Å². The number of benzene rings is 2. The van der Waals surface area contributed by atoms with Crippen molar-refractivity contribution in [1.29, 1.82) is 0 Å². The van der Waals surface area contributed by atoms with Crippen LogP contribution in [-0.2, 0) is 16.6 Å². The highest BCUT2D eigenvalue weighted by Gasteiger charge is 2.20. The van der Waals surface area contributed by atoms with Crippen LogP contribution in [0.4, 0.5) is 4.39 Å². The maximum Gasteiger partial charge on any atom is 0.255 e. The molecule has 0 atom stereocenters. The maximum atomic E-state index is 13.6. The molecule has 2 rings (SSSR count).